The monoisotopic (exact) mass is 459 g/mol. The molecule has 0 saturated carbocycles. The van der Waals surface area contributed by atoms with E-state index in [4.69, 9.17) is 18.9 Å². The number of ether oxygens (including phenoxy) is 4. The Bertz CT molecular complexity index is 891. The first kappa shape index (κ1) is 26.0. The van der Waals surface area contributed by atoms with Crippen LogP contribution in [0, 0.1) is 5.92 Å². The molecule has 33 heavy (non-hydrogen) atoms. The Balaban J connectivity index is 2.36. The molecule has 0 aliphatic carbocycles. The third kappa shape index (κ3) is 6.37. The van der Waals surface area contributed by atoms with Crippen LogP contribution in [0.3, 0.4) is 0 Å². The number of allylic oxidation sites excluding steroid dienone is 2. The van der Waals surface area contributed by atoms with Crippen LogP contribution in [0.1, 0.15) is 53.0 Å². The molecular formula is C25H33NO7. The van der Waals surface area contributed by atoms with Crippen molar-refractivity contribution in [3.63, 3.8) is 0 Å². The summed E-state index contributed by atoms with van der Waals surface area (Å²) in [5.74, 6) is -1.81. The van der Waals surface area contributed by atoms with Crippen molar-refractivity contribution in [3.8, 4) is 5.75 Å². The molecule has 180 valence electrons. The van der Waals surface area contributed by atoms with Crippen LogP contribution in [-0.4, -0.2) is 44.3 Å². The minimum Gasteiger partial charge on any atom is -0.493 e. The van der Waals surface area contributed by atoms with Crippen LogP contribution < -0.4 is 10.1 Å². The summed E-state index contributed by atoms with van der Waals surface area (Å²) in [4.78, 5) is 37.4. The molecule has 0 bridgehead atoms. The summed E-state index contributed by atoms with van der Waals surface area (Å²) in [6.45, 7) is 11.4. The van der Waals surface area contributed by atoms with Gasteiger partial charge in [-0.05, 0) is 59.2 Å². The van der Waals surface area contributed by atoms with Gasteiger partial charge in [-0.1, -0.05) is 12.1 Å². The Kier molecular flexibility index (Phi) is 9.51. The van der Waals surface area contributed by atoms with E-state index in [1.54, 1.807) is 65.8 Å². The summed E-state index contributed by atoms with van der Waals surface area (Å²) in [5, 5.41) is 3.11. The van der Waals surface area contributed by atoms with Gasteiger partial charge in [-0.2, -0.15) is 0 Å². The average molecular weight is 460 g/mol. The minimum atomic E-state index is -0.656. The molecule has 8 nitrogen and oxygen atoms in total. The van der Waals surface area contributed by atoms with Crippen molar-refractivity contribution in [3.05, 3.63) is 52.4 Å². The van der Waals surface area contributed by atoms with E-state index in [9.17, 15) is 14.4 Å². The van der Waals surface area contributed by atoms with E-state index >= 15 is 0 Å². The summed E-state index contributed by atoms with van der Waals surface area (Å²) >= 11 is 0. The molecule has 1 aliphatic rings. The predicted molar refractivity (Wildman–Crippen MR) is 122 cm³/mol. The van der Waals surface area contributed by atoms with Crippen molar-refractivity contribution >= 4 is 17.9 Å². The second-order valence-corrected chi connectivity index (χ2v) is 7.61. The van der Waals surface area contributed by atoms with Gasteiger partial charge in [0.05, 0.1) is 42.8 Å². The first-order valence-electron chi connectivity index (χ1n) is 11.2. The van der Waals surface area contributed by atoms with Gasteiger partial charge < -0.3 is 24.3 Å². The number of rotatable bonds is 10. The second kappa shape index (κ2) is 12.1. The van der Waals surface area contributed by atoms with Crippen molar-refractivity contribution in [1.82, 2.24) is 5.32 Å². The molecule has 2 rings (SSSR count). The average Bonchev–Trinajstić information content (AvgIpc) is 2.77. The molecule has 1 aromatic rings. The molecule has 0 saturated heterocycles. The first-order valence-corrected chi connectivity index (χ1v) is 11.2. The van der Waals surface area contributed by atoms with Crippen molar-refractivity contribution < 1.29 is 33.3 Å². The fourth-order valence-electron chi connectivity index (χ4n) is 3.62. The van der Waals surface area contributed by atoms with Crippen LogP contribution in [-0.2, 0) is 28.6 Å². The summed E-state index contributed by atoms with van der Waals surface area (Å²) in [5.41, 5.74) is 2.66. The first-order chi connectivity index (χ1) is 15.7. The largest absolute Gasteiger partial charge is 0.493 e. The highest BCUT2D eigenvalue weighted by Crippen LogP contribution is 2.39. The normalized spacial score (nSPS) is 15.0. The zero-order valence-corrected chi connectivity index (χ0v) is 20.2. The lowest BCUT2D eigenvalue weighted by Gasteiger charge is -2.30. The Hall–Kier alpha value is -3.29. The number of hydrogen-bond donors (Lipinski definition) is 1. The number of benzene rings is 1. The van der Waals surface area contributed by atoms with Gasteiger partial charge in [0, 0.05) is 11.4 Å². The van der Waals surface area contributed by atoms with Crippen LogP contribution in [0.2, 0.25) is 0 Å². The molecule has 1 aromatic carbocycles. The lowest BCUT2D eigenvalue weighted by Crippen LogP contribution is -2.32. The number of carbonyl (C=O) groups excluding carboxylic acids is 3. The number of dihydropyridines is 1. The van der Waals surface area contributed by atoms with Crippen LogP contribution in [0.5, 0.6) is 5.75 Å². The lowest BCUT2D eigenvalue weighted by atomic mass is 9.80. The van der Waals surface area contributed by atoms with E-state index < -0.39 is 23.8 Å². The van der Waals surface area contributed by atoms with Crippen LogP contribution in [0.15, 0.2) is 46.8 Å². The molecule has 1 heterocycles. The summed E-state index contributed by atoms with van der Waals surface area (Å²) in [6, 6.07) is 7.07. The molecule has 1 atom stereocenters. The van der Waals surface area contributed by atoms with Crippen LogP contribution in [0.4, 0.5) is 0 Å². The number of esters is 3. The highest BCUT2D eigenvalue weighted by atomic mass is 16.5. The molecular weight excluding hydrogens is 426 g/mol. The van der Waals surface area contributed by atoms with Crippen LogP contribution >= 0.6 is 0 Å². The van der Waals surface area contributed by atoms with Gasteiger partial charge in [0.1, 0.15) is 12.4 Å². The van der Waals surface area contributed by atoms with Crippen molar-refractivity contribution in [2.24, 2.45) is 5.92 Å². The quantitative estimate of drug-likeness (QED) is 0.418. The van der Waals surface area contributed by atoms with E-state index in [0.717, 1.165) is 0 Å². The Morgan fingerprint density at radius 1 is 0.848 bits per heavy atom. The Morgan fingerprint density at radius 2 is 1.33 bits per heavy atom. The summed E-state index contributed by atoms with van der Waals surface area (Å²) in [6.07, 6.45) is 0. The molecule has 0 fully saturated rings. The van der Waals surface area contributed by atoms with Gasteiger partial charge in [0.2, 0.25) is 0 Å². The fourth-order valence-corrected chi connectivity index (χ4v) is 3.62. The Labute approximate surface area is 194 Å². The molecule has 1 aliphatic heterocycles. The maximum atomic E-state index is 12.8. The van der Waals surface area contributed by atoms with E-state index in [0.29, 0.717) is 40.5 Å². The maximum absolute atomic E-state index is 12.8. The van der Waals surface area contributed by atoms with E-state index in [1.165, 1.54) is 0 Å². The molecule has 0 amide bonds. The van der Waals surface area contributed by atoms with Crippen LogP contribution in [0.25, 0.3) is 0 Å². The third-order valence-corrected chi connectivity index (χ3v) is 5.15. The van der Waals surface area contributed by atoms with Gasteiger partial charge in [0.15, 0.2) is 0 Å². The molecule has 1 N–H and O–H groups in total. The summed E-state index contributed by atoms with van der Waals surface area (Å²) < 4.78 is 21.3. The maximum Gasteiger partial charge on any atom is 0.336 e. The van der Waals surface area contributed by atoms with Crippen molar-refractivity contribution in [2.45, 2.75) is 47.5 Å². The smallest absolute Gasteiger partial charge is 0.336 e. The van der Waals surface area contributed by atoms with E-state index in [2.05, 4.69) is 5.32 Å². The van der Waals surface area contributed by atoms with Gasteiger partial charge in [-0.25, -0.2) is 9.59 Å². The SMILES string of the molecule is CCOC(=O)C1=C(C)NC(C)=C(C(=O)OCC)C1c1ccc(OCC(C)C(=O)OCC)cc1. The standard InChI is InChI=1S/C25H33NO7/c1-7-30-23(27)15(4)14-33-19-12-10-18(11-13-19)22-20(24(28)31-8-2)16(5)26-17(6)21(22)25(29)32-9-3/h10-13,15,22,26H,7-9,14H2,1-6H3. The van der Waals surface area contributed by atoms with Crippen molar-refractivity contribution in [2.75, 3.05) is 26.4 Å². The lowest BCUT2D eigenvalue weighted by molar-refractivity contribution is -0.148. The molecule has 1 unspecified atom stereocenters. The highest BCUT2D eigenvalue weighted by Gasteiger charge is 2.37. The van der Waals surface area contributed by atoms with Crippen molar-refractivity contribution in [1.29, 1.82) is 0 Å². The zero-order chi connectivity index (χ0) is 24.5. The van der Waals surface area contributed by atoms with Gasteiger partial charge in [-0.3, -0.25) is 4.79 Å². The molecule has 0 radical (unpaired) electrons. The zero-order valence-electron chi connectivity index (χ0n) is 20.2. The second-order valence-electron chi connectivity index (χ2n) is 7.61. The van der Waals surface area contributed by atoms with Gasteiger partial charge in [-0.15, -0.1) is 0 Å². The van der Waals surface area contributed by atoms with E-state index in [1.807, 2.05) is 0 Å². The predicted octanol–water partition coefficient (Wildman–Crippen LogP) is 3.63. The van der Waals surface area contributed by atoms with Gasteiger partial charge >= 0.3 is 17.9 Å². The molecule has 0 spiro atoms. The highest BCUT2D eigenvalue weighted by molar-refractivity contribution is 5.99. The van der Waals surface area contributed by atoms with E-state index in [-0.39, 0.29) is 25.8 Å². The fraction of sp³-hybridized carbons (Fsp3) is 0.480. The van der Waals surface area contributed by atoms with Gasteiger partial charge in [0.25, 0.3) is 0 Å². The minimum absolute atomic E-state index is 0.172. The Morgan fingerprint density at radius 3 is 1.79 bits per heavy atom. The topological polar surface area (TPSA) is 100 Å². The number of hydrogen-bond acceptors (Lipinski definition) is 8. The molecule has 0 aromatic heterocycles. The number of carbonyl (C=O) groups is 3. The molecule has 8 heteroatoms. The summed E-state index contributed by atoms with van der Waals surface area (Å²) in [7, 11) is 0. The third-order valence-electron chi connectivity index (χ3n) is 5.15. The number of nitrogens with one attached hydrogen (secondary N) is 1.